The molecule has 0 radical (unpaired) electrons. The monoisotopic (exact) mass is 376 g/mol. The van der Waals surface area contributed by atoms with Crippen LogP contribution in [0.3, 0.4) is 0 Å². The van der Waals surface area contributed by atoms with E-state index in [0.717, 1.165) is 18.4 Å². The first kappa shape index (κ1) is 22.6. The first-order valence-corrected chi connectivity index (χ1v) is 9.15. The second-order valence-electron chi connectivity index (χ2n) is 6.36. The van der Waals surface area contributed by atoms with Gasteiger partial charge in [0.25, 0.3) is 0 Å². The summed E-state index contributed by atoms with van der Waals surface area (Å²) in [5.41, 5.74) is 0.853. The van der Waals surface area contributed by atoms with E-state index in [9.17, 15) is 14.4 Å². The maximum atomic E-state index is 12.2. The Bertz CT molecular complexity index is 623. The molecule has 1 N–H and O–H groups in total. The summed E-state index contributed by atoms with van der Waals surface area (Å²) in [5, 5.41) is 8.64. The second-order valence-corrected chi connectivity index (χ2v) is 6.36. The number of carboxylic acids is 1. The number of carbonyl (C=O) groups excluding carboxylic acids is 2. The van der Waals surface area contributed by atoms with Gasteiger partial charge in [0, 0.05) is 25.2 Å². The molecule has 0 aliphatic heterocycles. The molecule has 0 saturated heterocycles. The molecule has 1 rings (SSSR count). The molecular formula is C21H28O6. The quantitative estimate of drug-likeness (QED) is 0.304. The molecule has 1 aromatic carbocycles. The Morgan fingerprint density at radius 2 is 1.85 bits per heavy atom. The lowest BCUT2D eigenvalue weighted by molar-refractivity contribution is -0.146. The highest BCUT2D eigenvalue weighted by molar-refractivity contribution is 5.94. The van der Waals surface area contributed by atoms with Gasteiger partial charge in [0.05, 0.1) is 6.42 Å². The molecule has 0 bridgehead atoms. The van der Waals surface area contributed by atoms with Gasteiger partial charge in [-0.05, 0) is 24.3 Å². The average Bonchev–Trinajstić information content (AvgIpc) is 2.65. The van der Waals surface area contributed by atoms with Gasteiger partial charge in [-0.15, -0.1) is 0 Å². The summed E-state index contributed by atoms with van der Waals surface area (Å²) < 4.78 is 10.5. The fourth-order valence-corrected chi connectivity index (χ4v) is 2.52. The van der Waals surface area contributed by atoms with E-state index in [2.05, 4.69) is 13.5 Å². The summed E-state index contributed by atoms with van der Waals surface area (Å²) in [6, 6.07) is 9.67. The van der Waals surface area contributed by atoms with Crippen LogP contribution in [0.25, 0.3) is 0 Å². The van der Waals surface area contributed by atoms with Crippen LogP contribution in [-0.2, 0) is 23.9 Å². The van der Waals surface area contributed by atoms with E-state index in [4.69, 9.17) is 14.6 Å². The molecule has 6 heteroatoms. The van der Waals surface area contributed by atoms with Gasteiger partial charge in [0.15, 0.2) is 5.78 Å². The third kappa shape index (κ3) is 9.70. The Kier molecular flexibility index (Phi) is 10.7. The van der Waals surface area contributed by atoms with E-state index in [1.54, 1.807) is 0 Å². The zero-order chi connectivity index (χ0) is 20.1. The molecule has 0 aromatic heterocycles. The van der Waals surface area contributed by atoms with Gasteiger partial charge in [0.1, 0.15) is 6.61 Å². The van der Waals surface area contributed by atoms with Gasteiger partial charge in [-0.3, -0.25) is 9.59 Å². The van der Waals surface area contributed by atoms with Crippen LogP contribution in [-0.4, -0.2) is 42.6 Å². The van der Waals surface area contributed by atoms with Crippen molar-refractivity contribution in [2.24, 2.45) is 0 Å². The van der Waals surface area contributed by atoms with Crippen LogP contribution in [0.4, 0.5) is 0 Å². The first-order valence-electron chi connectivity index (χ1n) is 9.15. The minimum absolute atomic E-state index is 0.0266. The summed E-state index contributed by atoms with van der Waals surface area (Å²) in [6.45, 7) is 6.33. The van der Waals surface area contributed by atoms with Crippen LogP contribution in [0.2, 0.25) is 0 Å². The maximum Gasteiger partial charge on any atom is 0.334 e. The number of carboxylic acid groups (broad SMARTS) is 1. The van der Waals surface area contributed by atoms with Gasteiger partial charge in [-0.2, -0.15) is 0 Å². The Morgan fingerprint density at radius 1 is 1.15 bits per heavy atom. The Balaban J connectivity index is 2.53. The lowest BCUT2D eigenvalue weighted by Gasteiger charge is -2.17. The summed E-state index contributed by atoms with van der Waals surface area (Å²) in [6.07, 6.45) is 2.48. The van der Waals surface area contributed by atoms with Gasteiger partial charge in [-0.25, -0.2) is 4.79 Å². The number of aliphatic carboxylic acids is 1. The first-order chi connectivity index (χ1) is 12.9. The highest BCUT2D eigenvalue weighted by Gasteiger charge is 2.19. The molecule has 27 heavy (non-hydrogen) atoms. The molecule has 1 aromatic rings. The maximum absolute atomic E-state index is 12.2. The number of esters is 1. The van der Waals surface area contributed by atoms with E-state index in [-0.39, 0.29) is 23.7 Å². The molecule has 0 fully saturated rings. The fraction of sp³-hybridized carbons (Fsp3) is 0.476. The minimum Gasteiger partial charge on any atom is -0.481 e. The predicted molar refractivity (Wildman–Crippen MR) is 102 cm³/mol. The van der Waals surface area contributed by atoms with Crippen molar-refractivity contribution >= 4 is 17.7 Å². The Labute approximate surface area is 160 Å². The summed E-state index contributed by atoms with van der Waals surface area (Å²) in [5.74, 6) is -2.28. The van der Waals surface area contributed by atoms with Crippen LogP contribution in [0.5, 0.6) is 0 Å². The van der Waals surface area contributed by atoms with E-state index in [0.29, 0.717) is 19.6 Å². The predicted octanol–water partition coefficient (Wildman–Crippen LogP) is 3.51. The van der Waals surface area contributed by atoms with Gasteiger partial charge in [0.2, 0.25) is 0 Å². The third-order valence-electron chi connectivity index (χ3n) is 4.02. The molecule has 1 atom stereocenters. The number of hydrogen-bond donors (Lipinski definition) is 1. The van der Waals surface area contributed by atoms with Crippen LogP contribution < -0.4 is 0 Å². The molecule has 6 nitrogen and oxygen atoms in total. The van der Waals surface area contributed by atoms with Crippen molar-refractivity contribution in [3.05, 3.63) is 48.0 Å². The molecule has 148 valence electrons. The number of ether oxygens (including phenoxy) is 2. The van der Waals surface area contributed by atoms with Crippen LogP contribution in [0.15, 0.2) is 42.5 Å². The van der Waals surface area contributed by atoms with E-state index in [1.165, 1.54) is 0 Å². The van der Waals surface area contributed by atoms with Gasteiger partial charge >= 0.3 is 11.9 Å². The van der Waals surface area contributed by atoms with Gasteiger partial charge in [-0.1, -0.05) is 50.3 Å². The number of Topliss-reactive ketones (excluding diaryl/α,β-unsaturated/α-hetero) is 1. The van der Waals surface area contributed by atoms with E-state index < -0.39 is 25.0 Å². The molecule has 0 amide bonds. The normalized spacial score (nSPS) is 11.6. The molecule has 0 spiro atoms. The molecule has 1 unspecified atom stereocenters. The van der Waals surface area contributed by atoms with Crippen molar-refractivity contribution in [1.82, 2.24) is 0 Å². The molecule has 0 heterocycles. The van der Waals surface area contributed by atoms with Crippen molar-refractivity contribution in [2.45, 2.75) is 44.9 Å². The minimum atomic E-state index is -1.17. The van der Waals surface area contributed by atoms with Crippen LogP contribution in [0.1, 0.15) is 50.5 Å². The van der Waals surface area contributed by atoms with E-state index >= 15 is 0 Å². The summed E-state index contributed by atoms with van der Waals surface area (Å²) >= 11 is 0. The average molecular weight is 376 g/mol. The van der Waals surface area contributed by atoms with Gasteiger partial charge < -0.3 is 14.6 Å². The van der Waals surface area contributed by atoms with Crippen molar-refractivity contribution < 1.29 is 29.0 Å². The largest absolute Gasteiger partial charge is 0.481 e. The number of ketones is 1. The highest BCUT2D eigenvalue weighted by Crippen LogP contribution is 2.24. The highest BCUT2D eigenvalue weighted by atomic mass is 16.5. The molecule has 0 aliphatic rings. The van der Waals surface area contributed by atoms with Crippen molar-refractivity contribution in [2.75, 3.05) is 19.8 Å². The van der Waals surface area contributed by atoms with Crippen molar-refractivity contribution in [3.8, 4) is 0 Å². The number of hydrogen-bond acceptors (Lipinski definition) is 5. The molecule has 0 aliphatic carbocycles. The lowest BCUT2D eigenvalue weighted by Crippen LogP contribution is -2.19. The molecular weight excluding hydrogens is 348 g/mol. The standard InChI is InChI=1S/C21H28O6/c1-3-4-11-26-12-10-18(17-8-6-5-7-9-17)14-19(22)15-27-21(25)16(2)13-20(23)24/h5-9,18H,2-4,10-15H2,1H3,(H,23,24). The number of rotatable bonds is 14. The Morgan fingerprint density at radius 3 is 2.48 bits per heavy atom. The van der Waals surface area contributed by atoms with Crippen LogP contribution in [0, 0.1) is 0 Å². The molecule has 0 saturated carbocycles. The van der Waals surface area contributed by atoms with E-state index in [1.807, 2.05) is 30.3 Å². The van der Waals surface area contributed by atoms with Crippen LogP contribution >= 0.6 is 0 Å². The smallest absolute Gasteiger partial charge is 0.334 e. The lowest BCUT2D eigenvalue weighted by atomic mass is 9.91. The summed E-state index contributed by atoms with van der Waals surface area (Å²) in [7, 11) is 0. The zero-order valence-electron chi connectivity index (χ0n) is 15.8. The zero-order valence-corrected chi connectivity index (χ0v) is 15.8. The number of carbonyl (C=O) groups is 3. The SMILES string of the molecule is C=C(CC(=O)O)C(=O)OCC(=O)CC(CCOCCCC)c1ccccc1. The van der Waals surface area contributed by atoms with Crippen molar-refractivity contribution in [3.63, 3.8) is 0 Å². The third-order valence-corrected chi connectivity index (χ3v) is 4.02. The topological polar surface area (TPSA) is 89.9 Å². The summed E-state index contributed by atoms with van der Waals surface area (Å²) in [4.78, 5) is 34.5. The fourth-order valence-electron chi connectivity index (χ4n) is 2.52. The number of benzene rings is 1. The van der Waals surface area contributed by atoms with Crippen molar-refractivity contribution in [1.29, 1.82) is 0 Å². The second kappa shape index (κ2) is 12.8. The Hall–Kier alpha value is -2.47. The number of unbranched alkanes of at least 4 members (excludes halogenated alkanes) is 1.